The van der Waals surface area contributed by atoms with Crippen LogP contribution in [0.2, 0.25) is 0 Å². The predicted octanol–water partition coefficient (Wildman–Crippen LogP) is 4.48. The number of hydrogen-bond donors (Lipinski definition) is 0. The van der Waals surface area contributed by atoms with Crippen LogP contribution in [0.25, 0.3) is 10.8 Å². The van der Waals surface area contributed by atoms with Crippen LogP contribution < -0.4 is 0 Å². The summed E-state index contributed by atoms with van der Waals surface area (Å²) >= 11 is 0. The van der Waals surface area contributed by atoms with Crippen molar-refractivity contribution in [1.82, 2.24) is 0 Å². The Morgan fingerprint density at radius 3 is 2.70 bits per heavy atom. The van der Waals surface area contributed by atoms with Crippen molar-refractivity contribution in [1.29, 1.82) is 0 Å². The lowest BCUT2D eigenvalue weighted by atomic mass is 9.84. The number of Topliss-reactive ketones (excluding diaryl/α,β-unsaturated/α-hetero) is 1. The molecule has 1 heteroatoms. The molecule has 2 aromatic carbocycles. The minimum Gasteiger partial charge on any atom is -0.294 e. The number of aryl methyl sites for hydroxylation is 3. The minimum absolute atomic E-state index is 0.129. The summed E-state index contributed by atoms with van der Waals surface area (Å²) < 4.78 is 0. The number of ketones is 1. The molecule has 0 unspecified atom stereocenters. The molecular formula is C19H20O. The first-order valence-electron chi connectivity index (χ1n) is 7.65. The van der Waals surface area contributed by atoms with Crippen LogP contribution in [0, 0.1) is 5.41 Å². The Kier molecular flexibility index (Phi) is 2.39. The molecule has 0 amide bonds. The largest absolute Gasteiger partial charge is 0.294 e. The highest BCUT2D eigenvalue weighted by molar-refractivity contribution is 6.05. The molecule has 0 saturated carbocycles. The molecule has 0 N–H and O–H groups in total. The van der Waals surface area contributed by atoms with E-state index < -0.39 is 0 Å². The van der Waals surface area contributed by atoms with Crippen molar-refractivity contribution in [2.24, 2.45) is 5.41 Å². The Balaban J connectivity index is 2.03. The Labute approximate surface area is 120 Å². The van der Waals surface area contributed by atoms with Crippen LogP contribution in [-0.4, -0.2) is 5.78 Å². The van der Waals surface area contributed by atoms with Crippen LogP contribution in [0.1, 0.15) is 53.7 Å². The fourth-order valence-electron chi connectivity index (χ4n) is 3.98. The Morgan fingerprint density at radius 1 is 1.05 bits per heavy atom. The molecule has 20 heavy (non-hydrogen) atoms. The molecule has 0 fully saturated rings. The molecule has 0 atom stereocenters. The topological polar surface area (TPSA) is 17.1 Å². The quantitative estimate of drug-likeness (QED) is 0.641. The van der Waals surface area contributed by atoms with Crippen LogP contribution in [-0.2, 0) is 19.3 Å². The highest BCUT2D eigenvalue weighted by atomic mass is 16.1. The van der Waals surface area contributed by atoms with Gasteiger partial charge in [0, 0.05) is 12.0 Å². The van der Waals surface area contributed by atoms with Gasteiger partial charge in [-0.15, -0.1) is 0 Å². The number of rotatable bonds is 0. The van der Waals surface area contributed by atoms with E-state index in [2.05, 4.69) is 38.1 Å². The standard InChI is InChI=1S/C19H20O/c1-19(2)9-8-14-15-5-3-4-12-6-7-13(18(12)15)10-16(14)17(20)11-19/h3-5,10H,6-9,11H2,1-2H3. The lowest BCUT2D eigenvalue weighted by Gasteiger charge is -2.20. The third-order valence-corrected chi connectivity index (χ3v) is 5.10. The molecule has 2 aliphatic carbocycles. The summed E-state index contributed by atoms with van der Waals surface area (Å²) in [4.78, 5) is 12.6. The van der Waals surface area contributed by atoms with Crippen LogP contribution in [0.4, 0.5) is 0 Å². The molecule has 4 rings (SSSR count). The summed E-state index contributed by atoms with van der Waals surface area (Å²) in [5.74, 6) is 0.345. The van der Waals surface area contributed by atoms with Crippen molar-refractivity contribution in [2.75, 3.05) is 0 Å². The number of carbonyl (C=O) groups is 1. The van der Waals surface area contributed by atoms with Crippen LogP contribution in [0.5, 0.6) is 0 Å². The summed E-state index contributed by atoms with van der Waals surface area (Å²) in [7, 11) is 0. The van der Waals surface area contributed by atoms with Gasteiger partial charge in [-0.25, -0.2) is 0 Å². The zero-order chi connectivity index (χ0) is 13.9. The zero-order valence-electron chi connectivity index (χ0n) is 12.3. The molecule has 0 bridgehead atoms. The second kappa shape index (κ2) is 3.94. The van der Waals surface area contributed by atoms with E-state index in [4.69, 9.17) is 0 Å². The molecule has 1 nitrogen and oxygen atoms in total. The van der Waals surface area contributed by atoms with Crippen molar-refractivity contribution >= 4 is 16.6 Å². The predicted molar refractivity (Wildman–Crippen MR) is 82.4 cm³/mol. The number of benzene rings is 2. The number of hydrogen-bond acceptors (Lipinski definition) is 1. The molecular weight excluding hydrogens is 244 g/mol. The van der Waals surface area contributed by atoms with E-state index in [-0.39, 0.29) is 5.41 Å². The smallest absolute Gasteiger partial charge is 0.163 e. The van der Waals surface area contributed by atoms with E-state index in [1.54, 1.807) is 0 Å². The Morgan fingerprint density at radius 2 is 1.85 bits per heavy atom. The molecule has 0 spiro atoms. The van der Waals surface area contributed by atoms with Crippen LogP contribution >= 0.6 is 0 Å². The van der Waals surface area contributed by atoms with E-state index in [0.717, 1.165) is 31.2 Å². The molecule has 0 aromatic heterocycles. The van der Waals surface area contributed by atoms with Gasteiger partial charge in [0.05, 0.1) is 0 Å². The third-order valence-electron chi connectivity index (χ3n) is 5.10. The molecule has 0 radical (unpaired) electrons. The van der Waals surface area contributed by atoms with Gasteiger partial charge in [0.1, 0.15) is 0 Å². The second-order valence-corrected chi connectivity index (χ2v) is 7.17. The number of fused-ring (bicyclic) bond motifs is 2. The van der Waals surface area contributed by atoms with E-state index in [9.17, 15) is 4.79 Å². The fourth-order valence-corrected chi connectivity index (χ4v) is 3.98. The highest BCUT2D eigenvalue weighted by Crippen LogP contribution is 2.40. The fraction of sp³-hybridized carbons (Fsp3) is 0.421. The summed E-state index contributed by atoms with van der Waals surface area (Å²) in [5, 5.41) is 2.79. The maximum atomic E-state index is 12.6. The Hall–Kier alpha value is -1.63. The molecule has 0 saturated heterocycles. The normalized spacial score (nSPS) is 20.0. The van der Waals surface area contributed by atoms with Crippen molar-refractivity contribution in [3.8, 4) is 0 Å². The maximum absolute atomic E-state index is 12.6. The number of carbonyl (C=O) groups excluding carboxylic acids is 1. The lowest BCUT2D eigenvalue weighted by Crippen LogP contribution is -2.14. The molecule has 0 heterocycles. The van der Waals surface area contributed by atoms with Gasteiger partial charge in [-0.2, -0.15) is 0 Å². The lowest BCUT2D eigenvalue weighted by molar-refractivity contribution is 0.0934. The SMILES string of the molecule is CC1(C)CCc2c(cc3c4c(cccc24)CC3)C(=O)C1. The molecule has 2 aliphatic rings. The van der Waals surface area contributed by atoms with Gasteiger partial charge in [0.15, 0.2) is 5.78 Å². The zero-order valence-corrected chi connectivity index (χ0v) is 12.3. The second-order valence-electron chi connectivity index (χ2n) is 7.17. The van der Waals surface area contributed by atoms with Gasteiger partial charge < -0.3 is 0 Å². The van der Waals surface area contributed by atoms with E-state index in [1.165, 1.54) is 27.5 Å². The highest BCUT2D eigenvalue weighted by Gasteiger charge is 2.30. The van der Waals surface area contributed by atoms with Gasteiger partial charge >= 0.3 is 0 Å². The average molecular weight is 264 g/mol. The molecule has 2 aromatic rings. The van der Waals surface area contributed by atoms with E-state index >= 15 is 0 Å². The van der Waals surface area contributed by atoms with Gasteiger partial charge in [-0.05, 0) is 64.6 Å². The Bertz CT molecular complexity index is 737. The van der Waals surface area contributed by atoms with E-state index in [1.807, 2.05) is 0 Å². The first kappa shape index (κ1) is 12.1. The van der Waals surface area contributed by atoms with Gasteiger partial charge in [-0.3, -0.25) is 4.79 Å². The summed E-state index contributed by atoms with van der Waals surface area (Å²) in [6.07, 6.45) is 5.05. The first-order valence-corrected chi connectivity index (χ1v) is 7.65. The van der Waals surface area contributed by atoms with Gasteiger partial charge in [0.25, 0.3) is 0 Å². The van der Waals surface area contributed by atoms with Gasteiger partial charge in [0.2, 0.25) is 0 Å². The van der Waals surface area contributed by atoms with Crippen LogP contribution in [0.15, 0.2) is 24.3 Å². The average Bonchev–Trinajstić information content (AvgIpc) is 2.76. The van der Waals surface area contributed by atoms with Crippen LogP contribution in [0.3, 0.4) is 0 Å². The monoisotopic (exact) mass is 264 g/mol. The summed E-state index contributed by atoms with van der Waals surface area (Å²) in [5.41, 5.74) is 5.31. The summed E-state index contributed by atoms with van der Waals surface area (Å²) in [6, 6.07) is 8.83. The maximum Gasteiger partial charge on any atom is 0.163 e. The van der Waals surface area contributed by atoms with Gasteiger partial charge in [-0.1, -0.05) is 32.0 Å². The van der Waals surface area contributed by atoms with Crippen molar-refractivity contribution in [3.63, 3.8) is 0 Å². The molecule has 102 valence electrons. The molecule has 0 aliphatic heterocycles. The van der Waals surface area contributed by atoms with Crippen molar-refractivity contribution in [2.45, 2.75) is 46.0 Å². The van der Waals surface area contributed by atoms with E-state index in [0.29, 0.717) is 12.2 Å². The van der Waals surface area contributed by atoms with Crippen molar-refractivity contribution in [3.05, 3.63) is 46.5 Å². The first-order chi connectivity index (χ1) is 9.55. The summed E-state index contributed by atoms with van der Waals surface area (Å²) in [6.45, 7) is 4.44. The minimum atomic E-state index is 0.129. The van der Waals surface area contributed by atoms with Crippen molar-refractivity contribution < 1.29 is 4.79 Å². The third kappa shape index (κ3) is 1.65.